The molecule has 2 aliphatic heterocycles. The summed E-state index contributed by atoms with van der Waals surface area (Å²) in [6, 6.07) is 0. The Labute approximate surface area is 153 Å². The van der Waals surface area contributed by atoms with Crippen molar-refractivity contribution in [1.29, 1.82) is 0 Å². The van der Waals surface area contributed by atoms with Crippen molar-refractivity contribution in [3.63, 3.8) is 0 Å². The largest absolute Gasteiger partial charge is 0.370 e. The highest BCUT2D eigenvalue weighted by Gasteiger charge is 2.17. The highest BCUT2D eigenvalue weighted by atomic mass is 127. The molecule has 2 rings (SSSR count). The van der Waals surface area contributed by atoms with Crippen molar-refractivity contribution in [3.8, 4) is 0 Å². The Kier molecular flexibility index (Phi) is 10.4. The SMILES string of the molecule is CC1CCCN(C(N)=NCCCCCN2CCCCC2)C1.I. The van der Waals surface area contributed by atoms with Crippen LogP contribution in [0.2, 0.25) is 0 Å². The molecule has 2 fully saturated rings. The standard InChI is InChI=1S/C17H34N4.HI/c1-16-9-8-14-21(15-16)17(18)19-10-4-2-5-11-20-12-6-3-7-13-20;/h16H,2-15H2,1H3,(H2,18,19);1H. The van der Waals surface area contributed by atoms with Gasteiger partial charge in [0.05, 0.1) is 0 Å². The molecule has 1 atom stereocenters. The van der Waals surface area contributed by atoms with Gasteiger partial charge >= 0.3 is 0 Å². The van der Waals surface area contributed by atoms with E-state index in [1.165, 1.54) is 71.0 Å². The Hall–Kier alpha value is -0.0400. The van der Waals surface area contributed by atoms with E-state index >= 15 is 0 Å². The number of halogens is 1. The minimum atomic E-state index is 0. The number of hydrogen-bond acceptors (Lipinski definition) is 2. The van der Waals surface area contributed by atoms with E-state index < -0.39 is 0 Å². The number of piperidine rings is 2. The summed E-state index contributed by atoms with van der Waals surface area (Å²) >= 11 is 0. The fraction of sp³-hybridized carbons (Fsp3) is 0.941. The summed E-state index contributed by atoms with van der Waals surface area (Å²) in [7, 11) is 0. The molecule has 0 bridgehead atoms. The number of hydrogen-bond donors (Lipinski definition) is 1. The van der Waals surface area contributed by atoms with Crippen molar-refractivity contribution in [2.24, 2.45) is 16.6 Å². The summed E-state index contributed by atoms with van der Waals surface area (Å²) in [4.78, 5) is 9.46. The molecule has 5 heteroatoms. The van der Waals surface area contributed by atoms with E-state index in [4.69, 9.17) is 5.73 Å². The molecule has 0 radical (unpaired) electrons. The second kappa shape index (κ2) is 11.5. The minimum Gasteiger partial charge on any atom is -0.370 e. The fourth-order valence-corrected chi connectivity index (χ4v) is 3.50. The molecule has 0 aliphatic carbocycles. The summed E-state index contributed by atoms with van der Waals surface area (Å²) in [5, 5.41) is 0. The van der Waals surface area contributed by atoms with Crippen LogP contribution in [0.15, 0.2) is 4.99 Å². The van der Waals surface area contributed by atoms with Gasteiger partial charge in [-0.15, -0.1) is 24.0 Å². The number of rotatable bonds is 6. The quantitative estimate of drug-likeness (QED) is 0.309. The number of likely N-dealkylation sites (tertiary alicyclic amines) is 2. The molecule has 2 saturated heterocycles. The second-order valence-electron chi connectivity index (χ2n) is 6.90. The van der Waals surface area contributed by atoms with E-state index in [-0.39, 0.29) is 24.0 Å². The van der Waals surface area contributed by atoms with E-state index in [2.05, 4.69) is 21.7 Å². The van der Waals surface area contributed by atoms with Crippen LogP contribution in [0.5, 0.6) is 0 Å². The molecule has 0 aromatic heterocycles. The second-order valence-corrected chi connectivity index (χ2v) is 6.90. The Morgan fingerprint density at radius 3 is 2.55 bits per heavy atom. The third-order valence-corrected chi connectivity index (χ3v) is 4.84. The first-order valence-corrected chi connectivity index (χ1v) is 9.03. The Bertz CT molecular complexity index is 316. The van der Waals surface area contributed by atoms with Crippen LogP contribution in [0.25, 0.3) is 0 Å². The first kappa shape index (κ1) is 20.0. The van der Waals surface area contributed by atoms with Gasteiger partial charge < -0.3 is 15.5 Å². The van der Waals surface area contributed by atoms with Gasteiger partial charge in [0.25, 0.3) is 0 Å². The lowest BCUT2D eigenvalue weighted by Crippen LogP contribution is -2.43. The van der Waals surface area contributed by atoms with Crippen molar-refractivity contribution in [2.45, 2.75) is 58.3 Å². The zero-order chi connectivity index (χ0) is 14.9. The van der Waals surface area contributed by atoms with Crippen LogP contribution in [0.3, 0.4) is 0 Å². The van der Waals surface area contributed by atoms with Crippen LogP contribution in [-0.4, -0.2) is 55.0 Å². The maximum atomic E-state index is 6.11. The van der Waals surface area contributed by atoms with Gasteiger partial charge in [-0.1, -0.05) is 19.8 Å². The van der Waals surface area contributed by atoms with Crippen molar-refractivity contribution in [3.05, 3.63) is 0 Å². The highest BCUT2D eigenvalue weighted by Crippen LogP contribution is 2.15. The molecule has 0 saturated carbocycles. The number of unbranched alkanes of at least 4 members (excludes halogenated alkanes) is 2. The zero-order valence-corrected chi connectivity index (χ0v) is 16.6. The number of nitrogens with zero attached hydrogens (tertiary/aromatic N) is 3. The lowest BCUT2D eigenvalue weighted by Gasteiger charge is -2.31. The predicted octanol–water partition coefficient (Wildman–Crippen LogP) is 3.31. The Morgan fingerprint density at radius 2 is 1.82 bits per heavy atom. The van der Waals surface area contributed by atoms with Crippen LogP contribution in [0.4, 0.5) is 0 Å². The Morgan fingerprint density at radius 1 is 1.05 bits per heavy atom. The first-order chi connectivity index (χ1) is 10.3. The van der Waals surface area contributed by atoms with Gasteiger partial charge in [0, 0.05) is 19.6 Å². The van der Waals surface area contributed by atoms with Crippen LogP contribution in [0.1, 0.15) is 58.3 Å². The molecule has 2 heterocycles. The molecule has 0 aromatic carbocycles. The normalized spacial score (nSPS) is 24.1. The van der Waals surface area contributed by atoms with Crippen molar-refractivity contribution < 1.29 is 0 Å². The van der Waals surface area contributed by atoms with Gasteiger partial charge in [0.2, 0.25) is 0 Å². The van der Waals surface area contributed by atoms with E-state index in [1.807, 2.05) is 0 Å². The van der Waals surface area contributed by atoms with E-state index in [0.29, 0.717) is 0 Å². The van der Waals surface area contributed by atoms with Crippen LogP contribution >= 0.6 is 24.0 Å². The molecule has 0 amide bonds. The van der Waals surface area contributed by atoms with Crippen LogP contribution in [-0.2, 0) is 0 Å². The Balaban J connectivity index is 0.00000242. The molecule has 2 aliphatic rings. The first-order valence-electron chi connectivity index (χ1n) is 9.03. The summed E-state index contributed by atoms with van der Waals surface area (Å²) in [5.74, 6) is 1.54. The number of aliphatic imine (C=N–C) groups is 1. The maximum absolute atomic E-state index is 6.11. The van der Waals surface area contributed by atoms with E-state index in [9.17, 15) is 0 Å². The van der Waals surface area contributed by atoms with Gasteiger partial charge in [-0.05, 0) is 64.1 Å². The topological polar surface area (TPSA) is 44.9 Å². The third kappa shape index (κ3) is 7.49. The van der Waals surface area contributed by atoms with Gasteiger partial charge in [-0.3, -0.25) is 4.99 Å². The zero-order valence-electron chi connectivity index (χ0n) is 14.3. The highest BCUT2D eigenvalue weighted by molar-refractivity contribution is 14.0. The molecule has 130 valence electrons. The predicted molar refractivity (Wildman–Crippen MR) is 106 cm³/mol. The maximum Gasteiger partial charge on any atom is 0.191 e. The fourth-order valence-electron chi connectivity index (χ4n) is 3.50. The smallest absolute Gasteiger partial charge is 0.191 e. The molecule has 2 N–H and O–H groups in total. The molecule has 4 nitrogen and oxygen atoms in total. The van der Waals surface area contributed by atoms with Gasteiger partial charge in [-0.25, -0.2) is 0 Å². The van der Waals surface area contributed by atoms with Crippen LogP contribution in [0, 0.1) is 5.92 Å². The monoisotopic (exact) mass is 422 g/mol. The van der Waals surface area contributed by atoms with Gasteiger partial charge in [0.1, 0.15) is 0 Å². The molecule has 0 aromatic rings. The third-order valence-electron chi connectivity index (χ3n) is 4.84. The van der Waals surface area contributed by atoms with Crippen molar-refractivity contribution >= 4 is 29.9 Å². The minimum absolute atomic E-state index is 0. The van der Waals surface area contributed by atoms with E-state index in [1.54, 1.807) is 0 Å². The summed E-state index contributed by atoms with van der Waals surface area (Å²) in [6.07, 6.45) is 10.6. The van der Waals surface area contributed by atoms with Crippen molar-refractivity contribution in [1.82, 2.24) is 9.80 Å². The average molecular weight is 422 g/mol. The van der Waals surface area contributed by atoms with Gasteiger partial charge in [-0.2, -0.15) is 0 Å². The lowest BCUT2D eigenvalue weighted by atomic mass is 10.0. The average Bonchev–Trinajstić information content (AvgIpc) is 2.51. The summed E-state index contributed by atoms with van der Waals surface area (Å²) in [6.45, 7) is 9.30. The molecular formula is C17H35IN4. The van der Waals surface area contributed by atoms with Crippen LogP contribution < -0.4 is 5.73 Å². The lowest BCUT2D eigenvalue weighted by molar-refractivity contribution is 0.224. The molecule has 0 spiro atoms. The van der Waals surface area contributed by atoms with Gasteiger partial charge in [0.15, 0.2) is 5.96 Å². The molecular weight excluding hydrogens is 387 g/mol. The number of guanidine groups is 1. The molecule has 1 unspecified atom stereocenters. The summed E-state index contributed by atoms with van der Waals surface area (Å²) in [5.41, 5.74) is 6.11. The van der Waals surface area contributed by atoms with Crippen molar-refractivity contribution in [2.75, 3.05) is 39.3 Å². The molecule has 22 heavy (non-hydrogen) atoms. The summed E-state index contributed by atoms with van der Waals surface area (Å²) < 4.78 is 0. The number of nitrogens with two attached hydrogens (primary N) is 1. The van der Waals surface area contributed by atoms with E-state index in [0.717, 1.165) is 31.5 Å².